The summed E-state index contributed by atoms with van der Waals surface area (Å²) in [6.45, 7) is 2.64. The minimum absolute atomic E-state index is 0.0819. The van der Waals surface area contributed by atoms with E-state index in [0.717, 1.165) is 15.7 Å². The normalized spacial score (nSPS) is 12.1. The van der Waals surface area contributed by atoms with Crippen molar-refractivity contribution in [2.24, 2.45) is 0 Å². The Labute approximate surface area is 125 Å². The maximum Gasteiger partial charge on any atom is 0.270 e. The van der Waals surface area contributed by atoms with Crippen molar-refractivity contribution in [1.82, 2.24) is 10.3 Å². The Morgan fingerprint density at radius 2 is 2.20 bits per heavy atom. The topological polar surface area (TPSA) is 68.1 Å². The fourth-order valence-corrected chi connectivity index (χ4v) is 2.30. The molecule has 0 aliphatic carbocycles. The average molecular weight is 336 g/mol. The van der Waals surface area contributed by atoms with Crippen LogP contribution in [0.5, 0.6) is 0 Å². The molecule has 1 aromatic heterocycles. The van der Waals surface area contributed by atoms with Crippen molar-refractivity contribution in [3.05, 3.63) is 68.4 Å². The smallest absolute Gasteiger partial charge is 0.270 e. The summed E-state index contributed by atoms with van der Waals surface area (Å²) in [5.41, 5.74) is 2.02. The standard InChI is InChI=1S/C14H14BrN3O2/c1-10(14-4-2-3-7-16-14)17-9-11-5-6-12(18(19)20)8-13(11)15/h2-8,10,17H,9H2,1H3/t10-/m1/s1. The zero-order valence-corrected chi connectivity index (χ0v) is 12.5. The van der Waals surface area contributed by atoms with Gasteiger partial charge in [-0.3, -0.25) is 15.1 Å². The molecule has 20 heavy (non-hydrogen) atoms. The van der Waals surface area contributed by atoms with Crippen LogP contribution in [0.15, 0.2) is 47.1 Å². The fourth-order valence-electron chi connectivity index (χ4n) is 1.79. The van der Waals surface area contributed by atoms with Gasteiger partial charge in [-0.05, 0) is 30.7 Å². The molecule has 0 spiro atoms. The van der Waals surface area contributed by atoms with E-state index in [1.54, 1.807) is 12.3 Å². The van der Waals surface area contributed by atoms with Gasteiger partial charge < -0.3 is 5.32 Å². The lowest BCUT2D eigenvalue weighted by Crippen LogP contribution is -2.19. The van der Waals surface area contributed by atoms with E-state index in [-0.39, 0.29) is 11.7 Å². The van der Waals surface area contributed by atoms with Gasteiger partial charge in [0.2, 0.25) is 0 Å². The summed E-state index contributed by atoms with van der Waals surface area (Å²) < 4.78 is 0.729. The number of halogens is 1. The molecule has 0 aliphatic rings. The Hall–Kier alpha value is -1.79. The first-order valence-corrected chi connectivity index (χ1v) is 6.94. The van der Waals surface area contributed by atoms with Gasteiger partial charge in [0.05, 0.1) is 10.6 Å². The van der Waals surface area contributed by atoms with E-state index in [4.69, 9.17) is 0 Å². The molecule has 1 heterocycles. The Morgan fingerprint density at radius 3 is 2.80 bits per heavy atom. The highest BCUT2D eigenvalue weighted by Crippen LogP contribution is 2.23. The largest absolute Gasteiger partial charge is 0.305 e. The third-order valence-electron chi connectivity index (χ3n) is 2.98. The number of rotatable bonds is 5. The van der Waals surface area contributed by atoms with Crippen LogP contribution in [-0.4, -0.2) is 9.91 Å². The minimum Gasteiger partial charge on any atom is -0.305 e. The summed E-state index contributed by atoms with van der Waals surface area (Å²) in [4.78, 5) is 14.6. The van der Waals surface area contributed by atoms with Gasteiger partial charge in [0.1, 0.15) is 0 Å². The molecule has 0 amide bonds. The van der Waals surface area contributed by atoms with Gasteiger partial charge in [-0.25, -0.2) is 0 Å². The average Bonchev–Trinajstić information content (AvgIpc) is 2.46. The second kappa shape index (κ2) is 6.58. The van der Waals surface area contributed by atoms with E-state index in [2.05, 4.69) is 26.2 Å². The van der Waals surface area contributed by atoms with Crippen LogP contribution in [0.2, 0.25) is 0 Å². The first-order chi connectivity index (χ1) is 9.58. The highest BCUT2D eigenvalue weighted by atomic mass is 79.9. The summed E-state index contributed by atoms with van der Waals surface area (Å²) in [6, 6.07) is 10.7. The van der Waals surface area contributed by atoms with Gasteiger partial charge in [0.15, 0.2) is 0 Å². The van der Waals surface area contributed by atoms with Crippen molar-refractivity contribution in [3.63, 3.8) is 0 Å². The highest BCUT2D eigenvalue weighted by molar-refractivity contribution is 9.10. The van der Waals surface area contributed by atoms with Crippen LogP contribution < -0.4 is 5.32 Å². The van der Waals surface area contributed by atoms with Crippen molar-refractivity contribution < 1.29 is 4.92 Å². The molecule has 5 nitrogen and oxygen atoms in total. The number of nitro benzene ring substituents is 1. The number of nitrogens with one attached hydrogen (secondary N) is 1. The maximum absolute atomic E-state index is 10.7. The molecule has 1 atom stereocenters. The van der Waals surface area contributed by atoms with Gasteiger partial charge in [0.25, 0.3) is 5.69 Å². The Bertz CT molecular complexity index is 605. The van der Waals surface area contributed by atoms with Crippen LogP contribution in [0.25, 0.3) is 0 Å². The third-order valence-corrected chi connectivity index (χ3v) is 3.72. The number of hydrogen-bond acceptors (Lipinski definition) is 4. The molecule has 0 unspecified atom stereocenters. The number of aromatic nitrogens is 1. The molecule has 0 radical (unpaired) electrons. The molecular formula is C14H14BrN3O2. The van der Waals surface area contributed by atoms with Gasteiger partial charge in [0, 0.05) is 35.4 Å². The molecule has 104 valence electrons. The zero-order chi connectivity index (χ0) is 14.5. The maximum atomic E-state index is 10.7. The molecule has 2 rings (SSSR count). The predicted molar refractivity (Wildman–Crippen MR) is 80.3 cm³/mol. The zero-order valence-electron chi connectivity index (χ0n) is 10.9. The molecule has 2 aromatic rings. The molecule has 6 heteroatoms. The van der Waals surface area contributed by atoms with Gasteiger partial charge in [-0.2, -0.15) is 0 Å². The van der Waals surface area contributed by atoms with E-state index >= 15 is 0 Å². The quantitative estimate of drug-likeness (QED) is 0.669. The predicted octanol–water partition coefficient (Wildman–Crippen LogP) is 3.60. The lowest BCUT2D eigenvalue weighted by atomic mass is 10.1. The summed E-state index contributed by atoms with van der Waals surface area (Å²) in [7, 11) is 0. The highest BCUT2D eigenvalue weighted by Gasteiger charge is 2.10. The Morgan fingerprint density at radius 1 is 1.40 bits per heavy atom. The molecule has 1 N–H and O–H groups in total. The van der Waals surface area contributed by atoms with Crippen molar-refractivity contribution >= 4 is 21.6 Å². The van der Waals surface area contributed by atoms with E-state index in [0.29, 0.717) is 6.54 Å². The number of non-ortho nitro benzene ring substituents is 1. The van der Waals surface area contributed by atoms with Crippen LogP contribution >= 0.6 is 15.9 Å². The number of pyridine rings is 1. The molecule has 0 fully saturated rings. The SMILES string of the molecule is C[C@@H](NCc1ccc([N+](=O)[O-])cc1Br)c1ccccn1. The number of hydrogen-bond donors (Lipinski definition) is 1. The van der Waals surface area contributed by atoms with Gasteiger partial charge in [-0.1, -0.05) is 22.0 Å². The summed E-state index contributed by atoms with van der Waals surface area (Å²) in [5, 5.41) is 14.0. The summed E-state index contributed by atoms with van der Waals surface area (Å²) in [5.74, 6) is 0. The van der Waals surface area contributed by atoms with Crippen LogP contribution in [0.1, 0.15) is 24.2 Å². The monoisotopic (exact) mass is 335 g/mol. The lowest BCUT2D eigenvalue weighted by molar-refractivity contribution is -0.384. The molecule has 0 saturated heterocycles. The number of nitrogens with zero attached hydrogens (tertiary/aromatic N) is 2. The van der Waals surface area contributed by atoms with E-state index in [1.807, 2.05) is 25.1 Å². The first kappa shape index (κ1) is 14.6. The van der Waals surface area contributed by atoms with Crippen molar-refractivity contribution in [2.75, 3.05) is 0 Å². The fraction of sp³-hybridized carbons (Fsp3) is 0.214. The first-order valence-electron chi connectivity index (χ1n) is 6.15. The van der Waals surface area contributed by atoms with Crippen molar-refractivity contribution in [2.45, 2.75) is 19.5 Å². The van der Waals surface area contributed by atoms with Crippen LogP contribution in [0, 0.1) is 10.1 Å². The van der Waals surface area contributed by atoms with Crippen LogP contribution in [0.3, 0.4) is 0 Å². The third kappa shape index (κ3) is 3.61. The number of benzene rings is 1. The van der Waals surface area contributed by atoms with E-state index in [9.17, 15) is 10.1 Å². The molecule has 0 saturated carbocycles. The van der Waals surface area contributed by atoms with Gasteiger partial charge in [-0.15, -0.1) is 0 Å². The summed E-state index contributed by atoms with van der Waals surface area (Å²) in [6.07, 6.45) is 1.76. The molecule has 1 aromatic carbocycles. The Kier molecular flexibility index (Phi) is 4.81. The van der Waals surface area contributed by atoms with Crippen molar-refractivity contribution in [3.8, 4) is 0 Å². The summed E-state index contributed by atoms with van der Waals surface area (Å²) >= 11 is 3.36. The molecular weight excluding hydrogens is 322 g/mol. The Balaban J connectivity index is 2.02. The van der Waals surface area contributed by atoms with Crippen LogP contribution in [-0.2, 0) is 6.54 Å². The molecule has 0 bridgehead atoms. The molecule has 0 aliphatic heterocycles. The lowest BCUT2D eigenvalue weighted by Gasteiger charge is -2.13. The van der Waals surface area contributed by atoms with E-state index in [1.165, 1.54) is 12.1 Å². The minimum atomic E-state index is -0.404. The van der Waals surface area contributed by atoms with Crippen LogP contribution in [0.4, 0.5) is 5.69 Å². The second-order valence-corrected chi connectivity index (χ2v) is 5.24. The van der Waals surface area contributed by atoms with E-state index < -0.39 is 4.92 Å². The second-order valence-electron chi connectivity index (χ2n) is 4.39. The number of nitro groups is 1. The van der Waals surface area contributed by atoms with Crippen molar-refractivity contribution in [1.29, 1.82) is 0 Å². The van der Waals surface area contributed by atoms with Gasteiger partial charge >= 0.3 is 0 Å².